The molecule has 4 rings (SSSR count). The van der Waals surface area contributed by atoms with Gasteiger partial charge in [0.15, 0.2) is 5.76 Å². The highest BCUT2D eigenvalue weighted by atomic mass is 79.9. The largest absolute Gasteiger partial charge is 0.506 e. The zero-order chi connectivity index (χ0) is 20.4. The number of hydrazone groups is 1. The number of para-hydroxylation sites is 2. The number of ether oxygens (including phenoxy) is 1. The highest BCUT2D eigenvalue weighted by Gasteiger charge is 2.14. The van der Waals surface area contributed by atoms with Crippen LogP contribution in [0.2, 0.25) is 0 Å². The molecule has 0 aliphatic carbocycles. The smallest absolute Gasteiger partial charge is 0.302 e. The number of nitrogens with one attached hydrogen (secondary N) is 2. The molecule has 2 aromatic heterocycles. The summed E-state index contributed by atoms with van der Waals surface area (Å²) in [7, 11) is 0. The summed E-state index contributed by atoms with van der Waals surface area (Å²) in [5, 5.41) is 13.8. The highest BCUT2D eigenvalue weighted by Crippen LogP contribution is 2.31. The number of phenols is 1. The third-order valence-electron chi connectivity index (χ3n) is 3.80. The highest BCUT2D eigenvalue weighted by molar-refractivity contribution is 9.11. The van der Waals surface area contributed by atoms with Crippen molar-refractivity contribution in [2.75, 3.05) is 0 Å². The van der Waals surface area contributed by atoms with E-state index in [1.54, 1.807) is 18.2 Å². The maximum absolute atomic E-state index is 12.2. The fraction of sp³-hybridized carbons (Fsp3) is 0. The number of aromatic nitrogens is 2. The summed E-state index contributed by atoms with van der Waals surface area (Å²) in [5.74, 6) is -0.187. The predicted molar refractivity (Wildman–Crippen MR) is 113 cm³/mol. The molecule has 10 heteroatoms. The van der Waals surface area contributed by atoms with Gasteiger partial charge in [0.25, 0.3) is 11.9 Å². The van der Waals surface area contributed by atoms with E-state index in [9.17, 15) is 9.90 Å². The molecule has 0 bridgehead atoms. The number of aromatic amines is 1. The van der Waals surface area contributed by atoms with Gasteiger partial charge in [0.05, 0.1) is 27.3 Å². The second-order valence-corrected chi connectivity index (χ2v) is 7.57. The summed E-state index contributed by atoms with van der Waals surface area (Å²) in [6.07, 6.45) is 1.31. The van der Waals surface area contributed by atoms with E-state index in [-0.39, 0.29) is 17.3 Å². The maximum atomic E-state index is 12.2. The van der Waals surface area contributed by atoms with Crippen molar-refractivity contribution in [1.82, 2.24) is 15.4 Å². The van der Waals surface area contributed by atoms with Crippen LogP contribution < -0.4 is 10.2 Å². The number of benzene rings is 2. The minimum absolute atomic E-state index is 0.0664. The van der Waals surface area contributed by atoms with E-state index in [0.717, 1.165) is 11.0 Å². The number of hydrogen-bond acceptors (Lipinski definition) is 6. The number of hydrogen-bond donors (Lipinski definition) is 3. The first-order chi connectivity index (χ1) is 14.0. The molecule has 2 heterocycles. The van der Waals surface area contributed by atoms with Crippen molar-refractivity contribution in [3.63, 3.8) is 0 Å². The molecule has 0 aliphatic rings. The van der Waals surface area contributed by atoms with E-state index in [0.29, 0.717) is 20.7 Å². The number of aromatic hydroxyl groups is 1. The van der Waals surface area contributed by atoms with Crippen molar-refractivity contribution in [3.05, 3.63) is 68.8 Å². The first-order valence-corrected chi connectivity index (χ1v) is 9.82. The van der Waals surface area contributed by atoms with Crippen molar-refractivity contribution in [1.29, 1.82) is 0 Å². The molecule has 0 saturated carbocycles. The van der Waals surface area contributed by atoms with E-state index in [4.69, 9.17) is 9.15 Å². The van der Waals surface area contributed by atoms with Crippen LogP contribution in [0.1, 0.15) is 16.1 Å². The minimum Gasteiger partial charge on any atom is -0.506 e. The Balaban J connectivity index is 1.41. The first kappa shape index (κ1) is 19.2. The zero-order valence-electron chi connectivity index (χ0n) is 14.5. The first-order valence-electron chi connectivity index (χ1n) is 8.23. The molecule has 146 valence electrons. The molecule has 0 atom stereocenters. The molecule has 29 heavy (non-hydrogen) atoms. The number of nitrogens with zero attached hydrogens (tertiary/aromatic N) is 2. The fourth-order valence-electron chi connectivity index (χ4n) is 2.49. The van der Waals surface area contributed by atoms with Gasteiger partial charge < -0.3 is 19.2 Å². The maximum Gasteiger partial charge on any atom is 0.302 e. The summed E-state index contributed by atoms with van der Waals surface area (Å²) >= 11 is 6.44. The van der Waals surface area contributed by atoms with Crippen LogP contribution in [0.3, 0.4) is 0 Å². The SMILES string of the molecule is O=C(N/N=C/c1ccc(Oc2nc3ccccc3[nH]2)o1)c1cc(Br)cc(Br)c1O. The van der Waals surface area contributed by atoms with Gasteiger partial charge in [-0.3, -0.25) is 4.79 Å². The average Bonchev–Trinajstić information content (AvgIpc) is 3.30. The van der Waals surface area contributed by atoms with E-state index in [1.165, 1.54) is 12.3 Å². The number of amides is 1. The standard InChI is InChI=1S/C19H12Br2N4O4/c20-10-7-12(17(26)13(21)8-10)18(27)25-22-9-11-5-6-16(28-11)29-19-23-14-3-1-2-4-15(14)24-19/h1-9,26H,(H,23,24)(H,25,27)/b22-9+. The van der Waals surface area contributed by atoms with E-state index < -0.39 is 5.91 Å². The van der Waals surface area contributed by atoms with Crippen molar-refractivity contribution >= 4 is 55.0 Å². The lowest BCUT2D eigenvalue weighted by molar-refractivity contribution is 0.0952. The number of phenolic OH excluding ortho intramolecular Hbond substituents is 1. The molecule has 2 aromatic carbocycles. The van der Waals surface area contributed by atoms with Gasteiger partial charge in [-0.25, -0.2) is 5.43 Å². The Morgan fingerprint density at radius 2 is 2.07 bits per heavy atom. The second-order valence-electron chi connectivity index (χ2n) is 5.80. The van der Waals surface area contributed by atoms with Crippen molar-refractivity contribution in [2.45, 2.75) is 0 Å². The van der Waals surface area contributed by atoms with Crippen LogP contribution >= 0.6 is 31.9 Å². The van der Waals surface area contributed by atoms with Crippen LogP contribution in [0, 0.1) is 0 Å². The third-order valence-corrected chi connectivity index (χ3v) is 4.86. The third kappa shape index (κ3) is 4.33. The molecular formula is C19H12Br2N4O4. The summed E-state index contributed by atoms with van der Waals surface area (Å²) in [6, 6.07) is 14.2. The lowest BCUT2D eigenvalue weighted by Gasteiger charge is -2.05. The van der Waals surface area contributed by atoms with Gasteiger partial charge in [0.2, 0.25) is 0 Å². The molecular weight excluding hydrogens is 508 g/mol. The summed E-state index contributed by atoms with van der Waals surface area (Å²) in [6.45, 7) is 0. The minimum atomic E-state index is -0.578. The Morgan fingerprint density at radius 3 is 2.90 bits per heavy atom. The monoisotopic (exact) mass is 518 g/mol. The van der Waals surface area contributed by atoms with Gasteiger partial charge in [-0.05, 0) is 46.3 Å². The van der Waals surface area contributed by atoms with Gasteiger partial charge in [-0.15, -0.1) is 0 Å². The number of H-pyrrole nitrogens is 1. The Bertz CT molecular complexity index is 1200. The Hall–Kier alpha value is -3.11. The number of carbonyl (C=O) groups excluding carboxylic acids is 1. The van der Waals surface area contributed by atoms with E-state index in [1.807, 2.05) is 24.3 Å². The van der Waals surface area contributed by atoms with Crippen LogP contribution in [0.5, 0.6) is 17.7 Å². The van der Waals surface area contributed by atoms with Crippen LogP contribution in [0.4, 0.5) is 0 Å². The molecule has 0 unspecified atom stereocenters. The van der Waals surface area contributed by atoms with Gasteiger partial charge >= 0.3 is 6.01 Å². The number of furan rings is 1. The molecule has 0 fully saturated rings. The predicted octanol–water partition coefficient (Wildman–Crippen LogP) is 4.94. The van der Waals surface area contributed by atoms with Crippen LogP contribution in [-0.2, 0) is 0 Å². The summed E-state index contributed by atoms with van der Waals surface area (Å²) in [4.78, 5) is 19.5. The number of fused-ring (bicyclic) bond motifs is 1. The van der Waals surface area contributed by atoms with Crippen molar-refractivity contribution in [3.8, 4) is 17.7 Å². The van der Waals surface area contributed by atoms with Gasteiger partial charge in [-0.1, -0.05) is 28.1 Å². The fourth-order valence-corrected chi connectivity index (χ4v) is 3.71. The zero-order valence-corrected chi connectivity index (χ0v) is 17.7. The molecule has 1 amide bonds. The van der Waals surface area contributed by atoms with Crippen LogP contribution in [-0.4, -0.2) is 27.2 Å². The molecule has 8 nitrogen and oxygen atoms in total. The average molecular weight is 520 g/mol. The van der Waals surface area contributed by atoms with E-state index in [2.05, 4.69) is 52.4 Å². The lowest BCUT2D eigenvalue weighted by atomic mass is 10.2. The van der Waals surface area contributed by atoms with E-state index >= 15 is 0 Å². The van der Waals surface area contributed by atoms with Crippen LogP contribution in [0.15, 0.2) is 67.0 Å². The molecule has 0 saturated heterocycles. The van der Waals surface area contributed by atoms with Crippen LogP contribution in [0.25, 0.3) is 11.0 Å². The number of rotatable bonds is 5. The molecule has 4 aromatic rings. The second kappa shape index (κ2) is 8.10. The van der Waals surface area contributed by atoms with Crippen molar-refractivity contribution in [2.24, 2.45) is 5.10 Å². The van der Waals surface area contributed by atoms with Gasteiger partial charge in [-0.2, -0.15) is 10.1 Å². The molecule has 0 spiro atoms. The number of halogens is 2. The quantitative estimate of drug-likeness (QED) is 0.255. The molecule has 3 N–H and O–H groups in total. The normalized spacial score (nSPS) is 11.2. The molecule has 0 aliphatic heterocycles. The number of carbonyl (C=O) groups is 1. The van der Waals surface area contributed by atoms with Gasteiger partial charge in [0, 0.05) is 10.5 Å². The Morgan fingerprint density at radius 1 is 1.24 bits per heavy atom. The van der Waals surface area contributed by atoms with Crippen molar-refractivity contribution < 1.29 is 19.1 Å². The Labute approximate surface area is 180 Å². The number of imidazole rings is 1. The topological polar surface area (TPSA) is 113 Å². The van der Waals surface area contributed by atoms with Gasteiger partial charge in [0.1, 0.15) is 5.75 Å². The summed E-state index contributed by atoms with van der Waals surface area (Å²) in [5.41, 5.74) is 4.02. The Kier molecular flexibility index (Phi) is 5.36. The lowest BCUT2D eigenvalue weighted by Crippen LogP contribution is -2.17. The summed E-state index contributed by atoms with van der Waals surface area (Å²) < 4.78 is 12.1. The molecule has 0 radical (unpaired) electrons.